The molecule has 2 aromatic heterocycles. The lowest BCUT2D eigenvalue weighted by Crippen LogP contribution is -2.48. The molecule has 0 saturated carbocycles. The summed E-state index contributed by atoms with van der Waals surface area (Å²) in [5.74, 6) is 1.81. The minimum absolute atomic E-state index is 0.0331. The zero-order chi connectivity index (χ0) is 19.8. The van der Waals surface area contributed by atoms with E-state index in [1.807, 2.05) is 54.3 Å². The van der Waals surface area contributed by atoms with Gasteiger partial charge in [0.25, 0.3) is 0 Å². The van der Waals surface area contributed by atoms with Gasteiger partial charge in [0.05, 0.1) is 4.70 Å². The molecule has 0 bridgehead atoms. The average molecular weight is 404 g/mol. The predicted octanol–water partition coefficient (Wildman–Crippen LogP) is 4.79. The minimum atomic E-state index is 0.0331. The second-order valence-electron chi connectivity index (χ2n) is 7.29. The average Bonchev–Trinajstić information content (AvgIpc) is 3.38. The van der Waals surface area contributed by atoms with Crippen LogP contribution in [0.15, 0.2) is 65.1 Å². The fraction of sp³-hybridized carbons (Fsp3) is 0.217. The number of anilines is 1. The number of nitrogens with zero attached hydrogens (tertiary/aromatic N) is 3. The van der Waals surface area contributed by atoms with Gasteiger partial charge in [0.15, 0.2) is 0 Å². The van der Waals surface area contributed by atoms with Crippen molar-refractivity contribution < 1.29 is 9.21 Å². The highest BCUT2D eigenvalue weighted by Crippen LogP contribution is 2.30. The fourth-order valence-corrected chi connectivity index (χ4v) is 4.56. The van der Waals surface area contributed by atoms with Crippen molar-refractivity contribution in [2.75, 3.05) is 31.1 Å². The summed E-state index contributed by atoms with van der Waals surface area (Å²) in [6.07, 6.45) is 1.69. The monoisotopic (exact) mass is 403 g/mol. The lowest BCUT2D eigenvalue weighted by Gasteiger charge is -2.34. The van der Waals surface area contributed by atoms with Crippen LogP contribution in [0.3, 0.4) is 0 Å². The molecular formula is C23H21N3O2S. The van der Waals surface area contributed by atoms with Gasteiger partial charge in [0.2, 0.25) is 5.91 Å². The number of allylic oxidation sites excluding steroid dienone is 1. The molecule has 5 rings (SSSR count). The number of para-hydroxylation sites is 1. The summed E-state index contributed by atoms with van der Waals surface area (Å²) < 4.78 is 11.7. The molecule has 29 heavy (non-hydrogen) atoms. The van der Waals surface area contributed by atoms with E-state index in [0.29, 0.717) is 13.1 Å². The first-order valence-corrected chi connectivity index (χ1v) is 10.5. The number of benzene rings is 2. The molecular weight excluding hydrogens is 382 g/mol. The van der Waals surface area contributed by atoms with Crippen molar-refractivity contribution >= 4 is 49.9 Å². The lowest BCUT2D eigenvalue weighted by molar-refractivity contribution is -0.126. The van der Waals surface area contributed by atoms with Crippen LogP contribution in [-0.2, 0) is 4.79 Å². The molecule has 1 aliphatic heterocycles. The number of fused-ring (bicyclic) bond motifs is 2. The van der Waals surface area contributed by atoms with Crippen molar-refractivity contribution in [3.8, 4) is 0 Å². The van der Waals surface area contributed by atoms with Gasteiger partial charge in [0.1, 0.15) is 17.2 Å². The maximum absolute atomic E-state index is 12.8. The van der Waals surface area contributed by atoms with E-state index >= 15 is 0 Å². The zero-order valence-electron chi connectivity index (χ0n) is 16.2. The van der Waals surface area contributed by atoms with Gasteiger partial charge in [0, 0.05) is 43.0 Å². The number of carbonyl (C=O) groups is 1. The molecule has 5 nitrogen and oxygen atoms in total. The Kier molecular flexibility index (Phi) is 4.56. The lowest BCUT2D eigenvalue weighted by atomic mass is 10.2. The van der Waals surface area contributed by atoms with Crippen LogP contribution in [0.4, 0.5) is 5.82 Å². The third-order valence-electron chi connectivity index (χ3n) is 5.40. The van der Waals surface area contributed by atoms with Crippen molar-refractivity contribution in [1.82, 2.24) is 9.27 Å². The van der Waals surface area contributed by atoms with Crippen LogP contribution < -0.4 is 4.90 Å². The number of piperazine rings is 1. The van der Waals surface area contributed by atoms with Crippen molar-refractivity contribution in [3.63, 3.8) is 0 Å². The Balaban J connectivity index is 1.27. The summed E-state index contributed by atoms with van der Waals surface area (Å²) in [5, 5.41) is 2.24. The molecule has 1 fully saturated rings. The number of rotatable bonds is 3. The van der Waals surface area contributed by atoms with E-state index in [-0.39, 0.29) is 5.91 Å². The molecule has 1 saturated heterocycles. The Labute approximate surface area is 173 Å². The Morgan fingerprint density at radius 3 is 2.66 bits per heavy atom. The number of furan rings is 1. The van der Waals surface area contributed by atoms with E-state index in [0.717, 1.165) is 41.2 Å². The van der Waals surface area contributed by atoms with Crippen molar-refractivity contribution in [1.29, 1.82) is 0 Å². The summed E-state index contributed by atoms with van der Waals surface area (Å²) in [4.78, 5) is 17.0. The molecule has 2 aromatic carbocycles. The fourth-order valence-electron chi connectivity index (χ4n) is 3.76. The Bertz CT molecular complexity index is 1180. The summed E-state index contributed by atoms with van der Waals surface area (Å²) in [5.41, 5.74) is 1.69. The number of hydrogen-bond acceptors (Lipinski definition) is 5. The highest BCUT2D eigenvalue weighted by molar-refractivity contribution is 7.13. The van der Waals surface area contributed by atoms with E-state index in [2.05, 4.69) is 21.4 Å². The first-order chi connectivity index (χ1) is 14.2. The maximum atomic E-state index is 12.8. The molecule has 6 heteroatoms. The molecule has 0 aliphatic carbocycles. The maximum Gasteiger partial charge on any atom is 0.247 e. The summed E-state index contributed by atoms with van der Waals surface area (Å²) in [6.45, 7) is 4.88. The van der Waals surface area contributed by atoms with Gasteiger partial charge in [-0.1, -0.05) is 30.3 Å². The quantitative estimate of drug-likeness (QED) is 0.461. The second-order valence-corrected chi connectivity index (χ2v) is 8.10. The van der Waals surface area contributed by atoms with Gasteiger partial charge >= 0.3 is 0 Å². The number of hydrogen-bond donors (Lipinski definition) is 0. The zero-order valence-corrected chi connectivity index (χ0v) is 17.0. The molecule has 146 valence electrons. The van der Waals surface area contributed by atoms with Crippen molar-refractivity contribution in [2.24, 2.45) is 0 Å². The molecule has 0 spiro atoms. The first-order valence-electron chi connectivity index (χ1n) is 9.74. The largest absolute Gasteiger partial charge is 0.456 e. The van der Waals surface area contributed by atoms with Crippen LogP contribution in [0.25, 0.3) is 26.6 Å². The Morgan fingerprint density at radius 2 is 1.83 bits per heavy atom. The smallest absolute Gasteiger partial charge is 0.247 e. The van der Waals surface area contributed by atoms with E-state index in [1.54, 1.807) is 6.08 Å². The molecule has 3 heterocycles. The van der Waals surface area contributed by atoms with Gasteiger partial charge in [-0.05, 0) is 48.3 Å². The van der Waals surface area contributed by atoms with Crippen molar-refractivity contribution in [2.45, 2.75) is 6.92 Å². The van der Waals surface area contributed by atoms with Gasteiger partial charge in [-0.3, -0.25) is 4.79 Å². The number of carbonyl (C=O) groups excluding carboxylic acids is 1. The van der Waals surface area contributed by atoms with Crippen LogP contribution >= 0.6 is 11.5 Å². The highest BCUT2D eigenvalue weighted by Gasteiger charge is 2.23. The topological polar surface area (TPSA) is 49.6 Å². The van der Waals surface area contributed by atoms with Crippen LogP contribution in [0.1, 0.15) is 12.7 Å². The number of aromatic nitrogens is 1. The van der Waals surface area contributed by atoms with Gasteiger partial charge < -0.3 is 14.2 Å². The van der Waals surface area contributed by atoms with Crippen LogP contribution in [0, 0.1) is 0 Å². The Morgan fingerprint density at radius 1 is 1.07 bits per heavy atom. The van der Waals surface area contributed by atoms with E-state index < -0.39 is 0 Å². The highest BCUT2D eigenvalue weighted by atomic mass is 32.1. The first kappa shape index (κ1) is 17.9. The SMILES string of the molecule is CC(=CC(=O)N1CCN(c2nsc3ccccc23)CC1)c1cc2ccccc2o1. The Hall–Kier alpha value is -3.12. The number of amides is 1. The normalized spacial score (nSPS) is 15.4. The van der Waals surface area contributed by atoms with E-state index in [4.69, 9.17) is 4.42 Å². The molecule has 1 aliphatic rings. The molecule has 0 radical (unpaired) electrons. The molecule has 1 amide bonds. The predicted molar refractivity (Wildman–Crippen MR) is 118 cm³/mol. The molecule has 0 atom stereocenters. The summed E-state index contributed by atoms with van der Waals surface area (Å²) in [7, 11) is 0. The summed E-state index contributed by atoms with van der Waals surface area (Å²) in [6, 6.07) is 18.2. The van der Waals surface area contributed by atoms with Crippen molar-refractivity contribution in [3.05, 3.63) is 66.4 Å². The minimum Gasteiger partial charge on any atom is -0.456 e. The molecule has 4 aromatic rings. The third kappa shape index (κ3) is 3.40. The van der Waals surface area contributed by atoms with Gasteiger partial charge in [-0.15, -0.1) is 0 Å². The standard InChI is InChI=1S/C23H21N3O2S/c1-16(20-15-17-6-2-4-8-19(17)28-20)14-22(27)25-10-12-26(13-11-25)23-18-7-3-5-9-21(18)29-24-23/h2-9,14-15H,10-13H2,1H3. The third-order valence-corrected chi connectivity index (χ3v) is 6.22. The van der Waals surface area contributed by atoms with E-state index in [1.165, 1.54) is 21.6 Å². The van der Waals surface area contributed by atoms with Crippen LogP contribution in [0.5, 0.6) is 0 Å². The van der Waals surface area contributed by atoms with E-state index in [9.17, 15) is 4.79 Å². The van der Waals surface area contributed by atoms with Gasteiger partial charge in [-0.2, -0.15) is 4.37 Å². The molecule has 0 unspecified atom stereocenters. The second kappa shape index (κ2) is 7.37. The van der Waals surface area contributed by atoms with Crippen LogP contribution in [-0.4, -0.2) is 41.4 Å². The summed E-state index contributed by atoms with van der Waals surface area (Å²) >= 11 is 1.53. The van der Waals surface area contributed by atoms with Gasteiger partial charge in [-0.25, -0.2) is 0 Å². The molecule has 0 N–H and O–H groups in total. The van der Waals surface area contributed by atoms with Crippen LogP contribution in [0.2, 0.25) is 0 Å².